The van der Waals surface area contributed by atoms with Crippen LogP contribution in [0.25, 0.3) is 0 Å². The second kappa shape index (κ2) is 7.53. The maximum Gasteiger partial charge on any atom is 0.0778 e. The highest BCUT2D eigenvalue weighted by Crippen LogP contribution is 2.11. The average Bonchev–Trinajstić information content (AvgIpc) is 2.51. The van der Waals surface area contributed by atoms with Crippen molar-refractivity contribution < 1.29 is 9.57 Å². The number of ether oxygens (including phenoxy) is 1. The zero-order valence-corrected chi connectivity index (χ0v) is 8.67. The van der Waals surface area contributed by atoms with Gasteiger partial charge in [0.25, 0.3) is 0 Å². The Hall–Kier alpha value is -0.120. The third kappa shape index (κ3) is 4.70. The lowest BCUT2D eigenvalue weighted by molar-refractivity contribution is -0.146. The van der Waals surface area contributed by atoms with Gasteiger partial charge in [-0.3, -0.25) is 4.84 Å². The van der Waals surface area contributed by atoms with Gasteiger partial charge in [0.05, 0.1) is 12.7 Å². The lowest BCUT2D eigenvalue weighted by Gasteiger charge is -2.13. The molecule has 1 heterocycles. The summed E-state index contributed by atoms with van der Waals surface area (Å²) in [6.07, 6.45) is 1.54. The first-order valence-corrected chi connectivity index (χ1v) is 4.73. The van der Waals surface area contributed by atoms with E-state index in [4.69, 9.17) is 9.57 Å². The Labute approximate surface area is 75.6 Å². The van der Waals surface area contributed by atoms with Crippen molar-refractivity contribution in [2.24, 2.45) is 0 Å². The molecule has 1 aliphatic rings. The number of methoxy groups -OCH3 is 1. The highest BCUT2D eigenvalue weighted by Gasteiger charge is 2.18. The Kier molecular flexibility index (Phi) is 7.45. The predicted molar refractivity (Wildman–Crippen MR) is 50.0 cm³/mol. The maximum atomic E-state index is 5.42. The van der Waals surface area contributed by atoms with Gasteiger partial charge in [-0.2, -0.15) is 5.06 Å². The van der Waals surface area contributed by atoms with Crippen LogP contribution in [0.1, 0.15) is 27.2 Å². The fourth-order valence-corrected chi connectivity index (χ4v) is 1.04. The average molecular weight is 175 g/mol. The number of hydrogen-bond donors (Lipinski definition) is 0. The van der Waals surface area contributed by atoms with E-state index in [0.717, 1.165) is 26.1 Å². The van der Waals surface area contributed by atoms with E-state index in [0.29, 0.717) is 6.10 Å². The van der Waals surface area contributed by atoms with E-state index in [2.05, 4.69) is 6.92 Å². The monoisotopic (exact) mass is 175 g/mol. The van der Waals surface area contributed by atoms with Crippen LogP contribution in [-0.2, 0) is 9.57 Å². The van der Waals surface area contributed by atoms with E-state index < -0.39 is 0 Å². The first-order chi connectivity index (χ1) is 5.83. The van der Waals surface area contributed by atoms with Gasteiger partial charge in [-0.05, 0) is 13.3 Å². The van der Waals surface area contributed by atoms with Crippen LogP contribution < -0.4 is 0 Å². The zero-order valence-electron chi connectivity index (χ0n) is 8.67. The Morgan fingerprint density at radius 3 is 2.58 bits per heavy atom. The van der Waals surface area contributed by atoms with Crippen molar-refractivity contribution in [3.05, 3.63) is 0 Å². The van der Waals surface area contributed by atoms with E-state index in [-0.39, 0.29) is 0 Å². The molecule has 0 bridgehead atoms. The van der Waals surface area contributed by atoms with Gasteiger partial charge >= 0.3 is 0 Å². The number of nitrogens with zero attached hydrogens (tertiary/aromatic N) is 1. The maximum absolute atomic E-state index is 5.42. The SMILES string of the molecule is CC.COCCN1CC[C@H](C)O1. The Balaban J connectivity index is 0.000000561. The predicted octanol–water partition coefficient (Wildman–Crippen LogP) is 1.68. The summed E-state index contributed by atoms with van der Waals surface area (Å²) in [5.41, 5.74) is 0. The minimum Gasteiger partial charge on any atom is -0.383 e. The third-order valence-electron chi connectivity index (χ3n) is 1.66. The van der Waals surface area contributed by atoms with E-state index in [1.807, 2.05) is 18.9 Å². The number of hydroxylamine groups is 2. The second-order valence-corrected chi connectivity index (χ2v) is 2.63. The van der Waals surface area contributed by atoms with Crippen molar-refractivity contribution in [3.8, 4) is 0 Å². The molecule has 0 aromatic rings. The quantitative estimate of drug-likeness (QED) is 0.651. The van der Waals surface area contributed by atoms with Crippen molar-refractivity contribution >= 4 is 0 Å². The molecular formula is C9H21NO2. The number of rotatable bonds is 3. The van der Waals surface area contributed by atoms with Crippen LogP contribution in [-0.4, -0.2) is 38.0 Å². The minimum atomic E-state index is 0.400. The van der Waals surface area contributed by atoms with Crippen LogP contribution in [0.2, 0.25) is 0 Å². The zero-order chi connectivity index (χ0) is 9.40. The Morgan fingerprint density at radius 2 is 2.17 bits per heavy atom. The Bertz CT molecular complexity index is 98.5. The molecule has 0 spiro atoms. The van der Waals surface area contributed by atoms with Crippen LogP contribution in [0, 0.1) is 0 Å². The molecule has 74 valence electrons. The molecule has 0 aromatic heterocycles. The molecule has 0 radical (unpaired) electrons. The summed E-state index contributed by atoms with van der Waals surface area (Å²) in [7, 11) is 1.71. The van der Waals surface area contributed by atoms with Crippen molar-refractivity contribution in [2.75, 3.05) is 26.8 Å². The van der Waals surface area contributed by atoms with Gasteiger partial charge in [0.1, 0.15) is 0 Å². The number of hydrogen-bond acceptors (Lipinski definition) is 3. The normalized spacial score (nSPS) is 23.5. The van der Waals surface area contributed by atoms with Gasteiger partial charge in [-0.15, -0.1) is 0 Å². The van der Waals surface area contributed by atoms with Gasteiger partial charge in [-0.1, -0.05) is 13.8 Å². The molecular weight excluding hydrogens is 154 g/mol. The molecule has 3 heteroatoms. The van der Waals surface area contributed by atoms with E-state index in [1.165, 1.54) is 0 Å². The van der Waals surface area contributed by atoms with Crippen LogP contribution in [0.15, 0.2) is 0 Å². The smallest absolute Gasteiger partial charge is 0.0778 e. The molecule has 1 fully saturated rings. The minimum absolute atomic E-state index is 0.400. The molecule has 3 nitrogen and oxygen atoms in total. The molecule has 0 N–H and O–H groups in total. The fraction of sp³-hybridized carbons (Fsp3) is 1.00. The topological polar surface area (TPSA) is 21.7 Å². The van der Waals surface area contributed by atoms with Gasteiger partial charge in [0.15, 0.2) is 0 Å². The van der Waals surface area contributed by atoms with Crippen molar-refractivity contribution in [1.82, 2.24) is 5.06 Å². The standard InChI is InChI=1S/C7H15NO2.C2H6/c1-7-3-4-8(10-7)5-6-9-2;1-2/h7H,3-6H2,1-2H3;1-2H3/t7-;/m0./s1. The molecule has 0 amide bonds. The first-order valence-electron chi connectivity index (χ1n) is 4.73. The van der Waals surface area contributed by atoms with E-state index in [9.17, 15) is 0 Å². The summed E-state index contributed by atoms with van der Waals surface area (Å²) in [4.78, 5) is 5.42. The molecule has 1 atom stereocenters. The molecule has 1 saturated heterocycles. The summed E-state index contributed by atoms with van der Waals surface area (Å²) >= 11 is 0. The lowest BCUT2D eigenvalue weighted by atomic mass is 10.3. The van der Waals surface area contributed by atoms with E-state index in [1.54, 1.807) is 7.11 Å². The lowest BCUT2D eigenvalue weighted by Crippen LogP contribution is -2.23. The second-order valence-electron chi connectivity index (χ2n) is 2.63. The molecule has 1 aliphatic heterocycles. The van der Waals surface area contributed by atoms with Gasteiger partial charge < -0.3 is 4.74 Å². The highest BCUT2D eigenvalue weighted by molar-refractivity contribution is 4.60. The molecule has 0 aliphatic carbocycles. The van der Waals surface area contributed by atoms with Gasteiger partial charge in [0, 0.05) is 20.2 Å². The van der Waals surface area contributed by atoms with Crippen LogP contribution in [0.4, 0.5) is 0 Å². The largest absolute Gasteiger partial charge is 0.383 e. The highest BCUT2D eigenvalue weighted by atomic mass is 16.7. The van der Waals surface area contributed by atoms with Crippen LogP contribution in [0.3, 0.4) is 0 Å². The van der Waals surface area contributed by atoms with Gasteiger partial charge in [0.2, 0.25) is 0 Å². The van der Waals surface area contributed by atoms with Crippen molar-refractivity contribution in [1.29, 1.82) is 0 Å². The molecule has 0 saturated carbocycles. The van der Waals surface area contributed by atoms with Crippen molar-refractivity contribution in [2.45, 2.75) is 33.3 Å². The van der Waals surface area contributed by atoms with Crippen LogP contribution in [0.5, 0.6) is 0 Å². The van der Waals surface area contributed by atoms with Crippen molar-refractivity contribution in [3.63, 3.8) is 0 Å². The van der Waals surface area contributed by atoms with Crippen LogP contribution >= 0.6 is 0 Å². The molecule has 1 rings (SSSR count). The fourth-order valence-electron chi connectivity index (χ4n) is 1.04. The summed E-state index contributed by atoms with van der Waals surface area (Å²) in [6, 6.07) is 0. The summed E-state index contributed by atoms with van der Waals surface area (Å²) < 4.78 is 4.92. The van der Waals surface area contributed by atoms with E-state index >= 15 is 0 Å². The van der Waals surface area contributed by atoms with Gasteiger partial charge in [-0.25, -0.2) is 0 Å². The molecule has 12 heavy (non-hydrogen) atoms. The summed E-state index contributed by atoms with van der Waals surface area (Å²) in [6.45, 7) is 8.78. The first kappa shape index (κ1) is 11.9. The summed E-state index contributed by atoms with van der Waals surface area (Å²) in [5.74, 6) is 0. The molecule has 0 aromatic carbocycles. The third-order valence-corrected chi connectivity index (χ3v) is 1.66. The summed E-state index contributed by atoms with van der Waals surface area (Å²) in [5, 5.41) is 1.97. The molecule has 0 unspecified atom stereocenters. The Morgan fingerprint density at radius 1 is 1.50 bits per heavy atom.